The Bertz CT molecular complexity index is 208. The zero-order chi connectivity index (χ0) is 18.6. The van der Waals surface area contributed by atoms with Crippen LogP contribution in [0.3, 0.4) is 0 Å². The van der Waals surface area contributed by atoms with Crippen molar-refractivity contribution < 1.29 is 0 Å². The molecule has 0 N–H and O–H groups in total. The Labute approximate surface area is 161 Å². The first-order chi connectivity index (χ1) is 12.3. The van der Waals surface area contributed by atoms with Gasteiger partial charge in [0.2, 0.25) is 0 Å². The van der Waals surface area contributed by atoms with Crippen molar-refractivity contribution >= 4 is 0 Å². The average molecular weight is 353 g/mol. The maximum Gasteiger partial charge on any atom is -0.0412 e. The van der Waals surface area contributed by atoms with Gasteiger partial charge in [-0.1, -0.05) is 143 Å². The predicted molar refractivity (Wildman–Crippen MR) is 117 cm³/mol. The molecule has 0 aromatic carbocycles. The highest BCUT2D eigenvalue weighted by atomic mass is 14.2. The standard InChI is InChI=1S/C25H52/c1-5-9-13-15-17-21-24(19-11-7-3)23-25(20-12-8-4)22-18-16-14-10-6-2/h24-25H,5-23H2,1-4H3. The molecular weight excluding hydrogens is 300 g/mol. The third-order valence-electron chi connectivity index (χ3n) is 6.03. The summed E-state index contributed by atoms with van der Waals surface area (Å²) in [6, 6.07) is 0. The molecule has 0 nitrogen and oxygen atoms in total. The topological polar surface area (TPSA) is 0 Å². The second-order valence-electron chi connectivity index (χ2n) is 8.66. The molecule has 0 aliphatic carbocycles. The molecule has 2 atom stereocenters. The molecule has 0 spiro atoms. The van der Waals surface area contributed by atoms with Crippen LogP contribution in [0, 0.1) is 11.8 Å². The molecule has 0 heterocycles. The van der Waals surface area contributed by atoms with Crippen molar-refractivity contribution in [3.05, 3.63) is 0 Å². The molecule has 0 aliphatic rings. The summed E-state index contributed by atoms with van der Waals surface area (Å²) in [5.41, 5.74) is 0. The van der Waals surface area contributed by atoms with Crippen molar-refractivity contribution in [1.29, 1.82) is 0 Å². The monoisotopic (exact) mass is 352 g/mol. The Morgan fingerprint density at radius 3 is 1.04 bits per heavy atom. The molecular formula is C25H52. The fraction of sp³-hybridized carbons (Fsp3) is 1.00. The van der Waals surface area contributed by atoms with E-state index < -0.39 is 0 Å². The molecule has 0 heteroatoms. The smallest absolute Gasteiger partial charge is 0.0412 e. The van der Waals surface area contributed by atoms with Crippen molar-refractivity contribution in [2.45, 2.75) is 150 Å². The van der Waals surface area contributed by atoms with Crippen LogP contribution in [0.15, 0.2) is 0 Å². The summed E-state index contributed by atoms with van der Waals surface area (Å²) >= 11 is 0. The van der Waals surface area contributed by atoms with E-state index in [1.807, 2.05) is 0 Å². The number of rotatable bonds is 20. The molecule has 0 radical (unpaired) electrons. The van der Waals surface area contributed by atoms with Gasteiger partial charge in [-0.25, -0.2) is 0 Å². The van der Waals surface area contributed by atoms with Crippen molar-refractivity contribution in [2.75, 3.05) is 0 Å². The molecule has 0 fully saturated rings. The Balaban J connectivity index is 4.23. The third-order valence-corrected chi connectivity index (χ3v) is 6.03. The Kier molecular flexibility index (Phi) is 20.3. The van der Waals surface area contributed by atoms with Gasteiger partial charge < -0.3 is 0 Å². The molecule has 2 unspecified atom stereocenters. The van der Waals surface area contributed by atoms with Gasteiger partial charge in [0.05, 0.1) is 0 Å². The summed E-state index contributed by atoms with van der Waals surface area (Å²) in [4.78, 5) is 0. The van der Waals surface area contributed by atoms with Gasteiger partial charge in [-0.2, -0.15) is 0 Å². The molecule has 0 aromatic rings. The Morgan fingerprint density at radius 2 is 0.680 bits per heavy atom. The van der Waals surface area contributed by atoms with E-state index in [1.54, 1.807) is 6.42 Å². The molecule has 0 rings (SSSR count). The molecule has 0 saturated heterocycles. The fourth-order valence-corrected chi connectivity index (χ4v) is 4.29. The van der Waals surface area contributed by atoms with E-state index in [0.717, 1.165) is 11.8 Å². The highest BCUT2D eigenvalue weighted by Gasteiger charge is 2.16. The number of hydrogen-bond acceptors (Lipinski definition) is 0. The van der Waals surface area contributed by atoms with Gasteiger partial charge in [0.15, 0.2) is 0 Å². The zero-order valence-electron chi connectivity index (χ0n) is 18.6. The van der Waals surface area contributed by atoms with Crippen LogP contribution in [0.4, 0.5) is 0 Å². The van der Waals surface area contributed by atoms with Crippen molar-refractivity contribution in [1.82, 2.24) is 0 Å². The second-order valence-corrected chi connectivity index (χ2v) is 8.66. The molecule has 0 bridgehead atoms. The molecule has 0 aliphatic heterocycles. The minimum Gasteiger partial charge on any atom is -0.0654 e. The lowest BCUT2D eigenvalue weighted by molar-refractivity contribution is 0.285. The highest BCUT2D eigenvalue weighted by Crippen LogP contribution is 2.30. The number of unbranched alkanes of at least 4 members (excludes halogenated alkanes) is 10. The maximum atomic E-state index is 2.36. The van der Waals surface area contributed by atoms with Crippen molar-refractivity contribution in [3.63, 3.8) is 0 Å². The van der Waals surface area contributed by atoms with Crippen LogP contribution in [-0.4, -0.2) is 0 Å². The van der Waals surface area contributed by atoms with Crippen LogP contribution in [0.5, 0.6) is 0 Å². The van der Waals surface area contributed by atoms with Crippen LogP contribution >= 0.6 is 0 Å². The summed E-state index contributed by atoms with van der Waals surface area (Å²) in [6.45, 7) is 9.37. The molecule has 0 amide bonds. The van der Waals surface area contributed by atoms with Gasteiger partial charge in [-0.15, -0.1) is 0 Å². The summed E-state index contributed by atoms with van der Waals surface area (Å²) < 4.78 is 0. The van der Waals surface area contributed by atoms with E-state index in [0.29, 0.717) is 0 Å². The first-order valence-corrected chi connectivity index (χ1v) is 12.3. The largest absolute Gasteiger partial charge is 0.0654 e. The Morgan fingerprint density at radius 1 is 0.360 bits per heavy atom. The van der Waals surface area contributed by atoms with Crippen LogP contribution in [0.25, 0.3) is 0 Å². The summed E-state index contributed by atoms with van der Waals surface area (Å²) in [6.07, 6.45) is 27.7. The minimum absolute atomic E-state index is 1.03. The van der Waals surface area contributed by atoms with Gasteiger partial charge >= 0.3 is 0 Å². The Hall–Kier alpha value is 0. The van der Waals surface area contributed by atoms with Crippen LogP contribution in [0.2, 0.25) is 0 Å². The minimum atomic E-state index is 1.03. The zero-order valence-corrected chi connectivity index (χ0v) is 18.6. The normalized spacial score (nSPS) is 13.9. The first kappa shape index (κ1) is 25.0. The van der Waals surface area contributed by atoms with E-state index in [1.165, 1.54) is 116 Å². The maximum absolute atomic E-state index is 2.36. The van der Waals surface area contributed by atoms with Gasteiger partial charge in [-0.3, -0.25) is 0 Å². The average Bonchev–Trinajstić information content (AvgIpc) is 2.63. The van der Waals surface area contributed by atoms with Gasteiger partial charge in [0, 0.05) is 0 Å². The summed E-state index contributed by atoms with van der Waals surface area (Å²) in [5.74, 6) is 2.05. The van der Waals surface area contributed by atoms with E-state index >= 15 is 0 Å². The van der Waals surface area contributed by atoms with Gasteiger partial charge in [-0.05, 0) is 18.3 Å². The van der Waals surface area contributed by atoms with E-state index in [9.17, 15) is 0 Å². The summed E-state index contributed by atoms with van der Waals surface area (Å²) in [5, 5.41) is 0. The highest BCUT2D eigenvalue weighted by molar-refractivity contribution is 4.68. The summed E-state index contributed by atoms with van der Waals surface area (Å²) in [7, 11) is 0. The van der Waals surface area contributed by atoms with Crippen LogP contribution < -0.4 is 0 Å². The molecule has 0 saturated carbocycles. The quantitative estimate of drug-likeness (QED) is 0.191. The number of hydrogen-bond donors (Lipinski definition) is 0. The lowest BCUT2D eigenvalue weighted by Crippen LogP contribution is -2.10. The lowest BCUT2D eigenvalue weighted by Gasteiger charge is -2.24. The first-order valence-electron chi connectivity index (χ1n) is 12.3. The molecule has 0 aromatic heterocycles. The lowest BCUT2D eigenvalue weighted by atomic mass is 9.82. The van der Waals surface area contributed by atoms with E-state index in [4.69, 9.17) is 0 Å². The molecule has 25 heavy (non-hydrogen) atoms. The SMILES string of the molecule is CCCCCCCC(CCCC)CC(CCCC)CCCCCCC. The van der Waals surface area contributed by atoms with Crippen LogP contribution in [-0.2, 0) is 0 Å². The second kappa shape index (κ2) is 20.3. The van der Waals surface area contributed by atoms with E-state index in [-0.39, 0.29) is 0 Å². The molecule has 152 valence electrons. The van der Waals surface area contributed by atoms with Gasteiger partial charge in [0.25, 0.3) is 0 Å². The fourth-order valence-electron chi connectivity index (χ4n) is 4.29. The van der Waals surface area contributed by atoms with Gasteiger partial charge in [0.1, 0.15) is 0 Å². The predicted octanol–water partition coefficient (Wildman–Crippen LogP) is 9.71. The van der Waals surface area contributed by atoms with Crippen LogP contribution in [0.1, 0.15) is 150 Å². The third kappa shape index (κ3) is 17.2. The van der Waals surface area contributed by atoms with E-state index in [2.05, 4.69) is 27.7 Å². The van der Waals surface area contributed by atoms with Crippen molar-refractivity contribution in [3.8, 4) is 0 Å². The van der Waals surface area contributed by atoms with Crippen molar-refractivity contribution in [2.24, 2.45) is 11.8 Å².